The first-order valence-corrected chi connectivity index (χ1v) is 14.9. The smallest absolute Gasteiger partial charge is 0.305 e. The number of nitrogens with zero attached hydrogens (tertiary/aromatic N) is 2. The molecule has 0 saturated heterocycles. The van der Waals surface area contributed by atoms with Crippen LogP contribution in [-0.2, 0) is 11.2 Å². The molecule has 3 atom stereocenters. The molecule has 2 heterocycles. The number of carbonyl (C=O) groups is 2. The molecule has 0 radical (unpaired) electrons. The molecule has 2 aromatic heterocycles. The Balaban J connectivity index is 1.41. The van der Waals surface area contributed by atoms with Gasteiger partial charge in [0, 0.05) is 28.9 Å². The van der Waals surface area contributed by atoms with Gasteiger partial charge in [-0.2, -0.15) is 0 Å². The van der Waals surface area contributed by atoms with Gasteiger partial charge in [0.15, 0.2) is 0 Å². The molecule has 5 rings (SSSR count). The topological polar surface area (TPSA) is 84.2 Å². The second-order valence-electron chi connectivity index (χ2n) is 11.2. The zero-order valence-electron chi connectivity index (χ0n) is 21.8. The normalized spacial score (nSPS) is 21.6. The fraction of sp³-hybridized carbons (Fsp3) is 0.567. The van der Waals surface area contributed by atoms with Gasteiger partial charge in [-0.15, -0.1) is 11.3 Å². The summed E-state index contributed by atoms with van der Waals surface area (Å²) in [4.78, 5) is 31.2. The zero-order chi connectivity index (χ0) is 25.8. The number of fused-ring (bicyclic) bond motifs is 1. The standard InChI is InChI=1S/C30H39N3O3S/c1-20-8-5-6-12-26(20)33-27-14-13-22(17-25(27)32-28(33)19-24-11-7-15-37-24)30(36)31-23(18-29(34)35)16-21-9-3-2-4-10-21/h7,11,13-15,17,20-21,23,26H,2-6,8-10,12,16,18-19H2,1H3,(H,31,36)(H,34,35)/t20?,23?,26-/m0/s1. The summed E-state index contributed by atoms with van der Waals surface area (Å²) in [6.07, 6.45) is 12.3. The number of aromatic nitrogens is 2. The van der Waals surface area contributed by atoms with Crippen LogP contribution in [-0.4, -0.2) is 32.6 Å². The maximum Gasteiger partial charge on any atom is 0.305 e. The molecule has 2 fully saturated rings. The summed E-state index contributed by atoms with van der Waals surface area (Å²) in [6.45, 7) is 2.35. The second kappa shape index (κ2) is 11.8. The molecule has 6 nitrogen and oxygen atoms in total. The highest BCUT2D eigenvalue weighted by Crippen LogP contribution is 2.37. The molecule has 1 aromatic carbocycles. The zero-order valence-corrected chi connectivity index (χ0v) is 22.6. The van der Waals surface area contributed by atoms with Crippen molar-refractivity contribution in [2.24, 2.45) is 11.8 Å². The quantitative estimate of drug-likeness (QED) is 0.318. The third-order valence-electron chi connectivity index (χ3n) is 8.43. The highest BCUT2D eigenvalue weighted by Gasteiger charge is 2.28. The molecule has 2 saturated carbocycles. The Morgan fingerprint density at radius 3 is 2.62 bits per heavy atom. The van der Waals surface area contributed by atoms with Crippen LogP contribution in [0.3, 0.4) is 0 Å². The number of thiophene rings is 1. The van der Waals surface area contributed by atoms with Crippen molar-refractivity contribution < 1.29 is 14.7 Å². The Morgan fingerprint density at radius 2 is 1.89 bits per heavy atom. The van der Waals surface area contributed by atoms with Gasteiger partial charge in [0.25, 0.3) is 5.91 Å². The van der Waals surface area contributed by atoms with Gasteiger partial charge in [-0.25, -0.2) is 4.98 Å². The van der Waals surface area contributed by atoms with Crippen molar-refractivity contribution in [3.63, 3.8) is 0 Å². The molecule has 37 heavy (non-hydrogen) atoms. The molecule has 0 spiro atoms. The molecule has 2 aliphatic rings. The third kappa shape index (κ3) is 6.25. The van der Waals surface area contributed by atoms with Crippen molar-refractivity contribution >= 4 is 34.2 Å². The lowest BCUT2D eigenvalue weighted by molar-refractivity contribution is -0.137. The van der Waals surface area contributed by atoms with E-state index in [0.29, 0.717) is 23.4 Å². The van der Waals surface area contributed by atoms with Crippen LogP contribution in [0.5, 0.6) is 0 Å². The Hall–Kier alpha value is -2.67. The number of aliphatic carboxylic acids is 1. The van der Waals surface area contributed by atoms with Crippen molar-refractivity contribution in [2.45, 2.75) is 96.1 Å². The SMILES string of the molecule is CC1CCCC[C@@H]1n1c(Cc2cccs2)nc2cc(C(=O)NC(CC(=O)O)CC3CCCCC3)ccc21. The van der Waals surface area contributed by atoms with E-state index in [1.807, 2.05) is 18.2 Å². The summed E-state index contributed by atoms with van der Waals surface area (Å²) in [5.74, 6) is 1.08. The maximum absolute atomic E-state index is 13.3. The van der Waals surface area contributed by atoms with E-state index < -0.39 is 5.97 Å². The molecule has 0 aliphatic heterocycles. The molecule has 198 valence electrons. The van der Waals surface area contributed by atoms with Crippen LogP contribution in [0.1, 0.15) is 105 Å². The first kappa shape index (κ1) is 26.0. The number of amides is 1. The first-order valence-electron chi connectivity index (χ1n) is 14.0. The van der Waals surface area contributed by atoms with E-state index in [-0.39, 0.29) is 18.4 Å². The average molecular weight is 522 g/mol. The minimum absolute atomic E-state index is 0.0381. The number of hydrogen-bond acceptors (Lipinski definition) is 4. The minimum atomic E-state index is -0.866. The molecule has 2 unspecified atom stereocenters. The molecule has 1 amide bonds. The Bertz CT molecular complexity index is 1210. The van der Waals surface area contributed by atoms with Crippen molar-refractivity contribution in [1.82, 2.24) is 14.9 Å². The fourth-order valence-corrected chi connectivity index (χ4v) is 7.23. The highest BCUT2D eigenvalue weighted by molar-refractivity contribution is 7.09. The van der Waals surface area contributed by atoms with E-state index in [4.69, 9.17) is 4.98 Å². The number of carboxylic acids is 1. The van der Waals surface area contributed by atoms with Crippen LogP contribution in [0.25, 0.3) is 11.0 Å². The lowest BCUT2D eigenvalue weighted by Gasteiger charge is -2.31. The number of imidazole rings is 1. The number of nitrogens with one attached hydrogen (secondary N) is 1. The third-order valence-corrected chi connectivity index (χ3v) is 9.31. The van der Waals surface area contributed by atoms with Crippen LogP contribution in [0.2, 0.25) is 0 Å². The number of benzene rings is 1. The van der Waals surface area contributed by atoms with Gasteiger partial charge < -0.3 is 15.0 Å². The molecular weight excluding hydrogens is 482 g/mol. The molecular formula is C30H39N3O3S. The summed E-state index contributed by atoms with van der Waals surface area (Å²) in [5.41, 5.74) is 2.49. The van der Waals surface area contributed by atoms with E-state index in [2.05, 4.69) is 34.3 Å². The largest absolute Gasteiger partial charge is 0.481 e. The summed E-state index contributed by atoms with van der Waals surface area (Å²) >= 11 is 1.75. The van der Waals surface area contributed by atoms with Gasteiger partial charge >= 0.3 is 5.97 Å². The summed E-state index contributed by atoms with van der Waals surface area (Å²) in [6, 6.07) is 10.1. The highest BCUT2D eigenvalue weighted by atomic mass is 32.1. The van der Waals surface area contributed by atoms with Gasteiger partial charge in [0.2, 0.25) is 0 Å². The molecule has 3 aromatic rings. The minimum Gasteiger partial charge on any atom is -0.481 e. The summed E-state index contributed by atoms with van der Waals surface area (Å²) in [5, 5.41) is 14.6. The van der Waals surface area contributed by atoms with E-state index in [1.54, 1.807) is 11.3 Å². The van der Waals surface area contributed by atoms with Crippen molar-refractivity contribution in [3.05, 3.63) is 52.0 Å². The van der Waals surface area contributed by atoms with Crippen LogP contribution in [0.4, 0.5) is 0 Å². The first-order chi connectivity index (χ1) is 18.0. The van der Waals surface area contributed by atoms with E-state index in [1.165, 1.54) is 43.4 Å². The van der Waals surface area contributed by atoms with E-state index in [9.17, 15) is 14.7 Å². The Kier molecular flexibility index (Phi) is 8.28. The Morgan fingerprint density at radius 1 is 1.11 bits per heavy atom. The van der Waals surface area contributed by atoms with Crippen molar-refractivity contribution in [1.29, 1.82) is 0 Å². The van der Waals surface area contributed by atoms with Crippen LogP contribution in [0, 0.1) is 11.8 Å². The predicted molar refractivity (Wildman–Crippen MR) is 148 cm³/mol. The molecule has 2 N–H and O–H groups in total. The lowest BCUT2D eigenvalue weighted by Crippen LogP contribution is -2.38. The lowest BCUT2D eigenvalue weighted by atomic mass is 9.84. The monoisotopic (exact) mass is 521 g/mol. The number of rotatable bonds is 9. The van der Waals surface area contributed by atoms with Crippen LogP contribution >= 0.6 is 11.3 Å². The number of carboxylic acid groups (broad SMARTS) is 1. The second-order valence-corrected chi connectivity index (χ2v) is 12.2. The van der Waals surface area contributed by atoms with E-state index in [0.717, 1.165) is 49.0 Å². The molecule has 0 bridgehead atoms. The number of carbonyl (C=O) groups excluding carboxylic acids is 1. The molecule has 7 heteroatoms. The van der Waals surface area contributed by atoms with Gasteiger partial charge in [-0.1, -0.05) is 57.9 Å². The predicted octanol–water partition coefficient (Wildman–Crippen LogP) is 6.98. The van der Waals surface area contributed by atoms with Gasteiger partial charge in [-0.3, -0.25) is 9.59 Å². The van der Waals surface area contributed by atoms with Gasteiger partial charge in [0.1, 0.15) is 5.82 Å². The van der Waals surface area contributed by atoms with Gasteiger partial charge in [0.05, 0.1) is 17.5 Å². The van der Waals surface area contributed by atoms with Crippen LogP contribution < -0.4 is 5.32 Å². The number of hydrogen-bond donors (Lipinski definition) is 2. The fourth-order valence-electron chi connectivity index (χ4n) is 6.53. The van der Waals surface area contributed by atoms with Crippen molar-refractivity contribution in [3.8, 4) is 0 Å². The maximum atomic E-state index is 13.3. The average Bonchev–Trinajstić information content (AvgIpc) is 3.52. The molecule has 2 aliphatic carbocycles. The summed E-state index contributed by atoms with van der Waals surface area (Å²) in [7, 11) is 0. The van der Waals surface area contributed by atoms with Crippen LogP contribution in [0.15, 0.2) is 35.7 Å². The van der Waals surface area contributed by atoms with Gasteiger partial charge in [-0.05, 0) is 60.7 Å². The Labute approximate surface area is 223 Å². The van der Waals surface area contributed by atoms with Crippen molar-refractivity contribution in [2.75, 3.05) is 0 Å². The summed E-state index contributed by atoms with van der Waals surface area (Å²) < 4.78 is 2.44. The van der Waals surface area contributed by atoms with E-state index >= 15 is 0 Å².